The van der Waals surface area contributed by atoms with Gasteiger partial charge in [-0.2, -0.15) is 0 Å². The zero-order valence-corrected chi connectivity index (χ0v) is 16.4. The van der Waals surface area contributed by atoms with Gasteiger partial charge in [-0.15, -0.1) is 0 Å². The molecule has 3 aliphatic rings. The van der Waals surface area contributed by atoms with E-state index in [0.29, 0.717) is 18.1 Å². The van der Waals surface area contributed by atoms with Crippen molar-refractivity contribution in [3.63, 3.8) is 0 Å². The van der Waals surface area contributed by atoms with Gasteiger partial charge < -0.3 is 9.22 Å². The lowest BCUT2D eigenvalue weighted by Gasteiger charge is -2.38. The summed E-state index contributed by atoms with van der Waals surface area (Å²) in [4.78, 5) is 23.2. The third kappa shape index (κ3) is 2.39. The molecule has 0 radical (unpaired) electrons. The lowest BCUT2D eigenvalue weighted by Crippen LogP contribution is -2.43. The third-order valence-corrected chi connectivity index (χ3v) is 12.3. The number of carbonyl (C=O) groups is 2. The molecule has 0 aromatic carbocycles. The molecule has 0 N–H and O–H groups in total. The Morgan fingerprint density at radius 3 is 2.65 bits per heavy atom. The fourth-order valence-corrected chi connectivity index (χ4v) is 6.30. The minimum Gasteiger partial charge on any atom is -0.416 e. The van der Waals surface area contributed by atoms with E-state index >= 15 is 0 Å². The Morgan fingerprint density at radius 1 is 1.35 bits per heavy atom. The maximum atomic E-state index is 12.3. The van der Waals surface area contributed by atoms with Gasteiger partial charge in [0.15, 0.2) is 8.32 Å². The summed E-state index contributed by atoms with van der Waals surface area (Å²) in [5, 5.41) is 0.216. The van der Waals surface area contributed by atoms with Crippen molar-refractivity contribution in [3.05, 3.63) is 0 Å². The first-order valence-corrected chi connectivity index (χ1v) is 12.1. The number of Topliss-reactive ketones (excluding diaryl/α,β-unsaturated/α-hetero) is 1. The normalized spacial score (nSPS) is 39.3. The van der Waals surface area contributed by atoms with Crippen molar-refractivity contribution in [2.24, 2.45) is 22.7 Å². The second-order valence-corrected chi connectivity index (χ2v) is 14.5. The van der Waals surface area contributed by atoms with E-state index in [1.165, 1.54) is 0 Å². The van der Waals surface area contributed by atoms with Crippen molar-refractivity contribution in [1.29, 1.82) is 0 Å². The SMILES string of the molecule is CC(C)(C)[Si](C)(C)OC[C@@]12C[C@@]13CCC(=O)[C@H]3C[C@@H]2CCC=O. The highest BCUT2D eigenvalue weighted by Gasteiger charge is 2.79. The van der Waals surface area contributed by atoms with Crippen LogP contribution in [0.5, 0.6) is 0 Å². The number of aldehydes is 1. The highest BCUT2D eigenvalue weighted by atomic mass is 28.4. The van der Waals surface area contributed by atoms with Crippen LogP contribution in [-0.4, -0.2) is 27.0 Å². The van der Waals surface area contributed by atoms with Crippen LogP contribution in [0.15, 0.2) is 0 Å². The van der Waals surface area contributed by atoms with E-state index < -0.39 is 8.32 Å². The molecule has 130 valence electrons. The Labute approximate surface area is 141 Å². The largest absolute Gasteiger partial charge is 0.416 e. The standard InChI is InChI=1S/C19H32O3Si/c1-17(2,3)23(4,5)22-13-19-12-18(19)9-8-16(21)15(18)11-14(19)7-6-10-20/h10,14-15H,6-9,11-13H2,1-5H3/t14-,15+,18+,19+/m0/s1. The van der Waals surface area contributed by atoms with Crippen molar-refractivity contribution in [3.8, 4) is 0 Å². The molecule has 3 fully saturated rings. The van der Waals surface area contributed by atoms with Gasteiger partial charge in [0, 0.05) is 30.8 Å². The fraction of sp³-hybridized carbons (Fsp3) is 0.895. The summed E-state index contributed by atoms with van der Waals surface area (Å²) in [6.45, 7) is 12.3. The van der Waals surface area contributed by atoms with E-state index in [-0.39, 0.29) is 21.8 Å². The second-order valence-electron chi connectivity index (χ2n) is 9.73. The summed E-state index contributed by atoms with van der Waals surface area (Å²) in [6.07, 6.45) is 6.61. The monoisotopic (exact) mass is 336 g/mol. The van der Waals surface area contributed by atoms with Gasteiger partial charge in [-0.1, -0.05) is 20.8 Å². The highest BCUT2D eigenvalue weighted by Crippen LogP contribution is 2.82. The van der Waals surface area contributed by atoms with Crippen molar-refractivity contribution in [1.82, 2.24) is 0 Å². The topological polar surface area (TPSA) is 43.4 Å². The molecule has 3 rings (SSSR count). The number of hydrogen-bond donors (Lipinski definition) is 0. The first-order valence-electron chi connectivity index (χ1n) is 9.20. The zero-order chi connectivity index (χ0) is 17.1. The molecule has 4 atom stereocenters. The summed E-state index contributed by atoms with van der Waals surface area (Å²) in [7, 11) is -1.77. The maximum Gasteiger partial charge on any atom is 0.192 e. The lowest BCUT2D eigenvalue weighted by molar-refractivity contribution is -0.121. The van der Waals surface area contributed by atoms with E-state index in [4.69, 9.17) is 4.43 Å². The Morgan fingerprint density at radius 2 is 2.04 bits per heavy atom. The smallest absolute Gasteiger partial charge is 0.192 e. The maximum absolute atomic E-state index is 12.3. The molecular formula is C19H32O3Si. The van der Waals surface area contributed by atoms with Gasteiger partial charge in [-0.25, -0.2) is 0 Å². The Balaban J connectivity index is 1.78. The second kappa shape index (κ2) is 5.25. The first-order chi connectivity index (χ1) is 10.6. The van der Waals surface area contributed by atoms with Crippen LogP contribution >= 0.6 is 0 Å². The molecule has 3 aliphatic carbocycles. The van der Waals surface area contributed by atoms with Crippen LogP contribution in [0.4, 0.5) is 0 Å². The van der Waals surface area contributed by atoms with Crippen molar-refractivity contribution in [2.75, 3.05) is 6.61 Å². The van der Waals surface area contributed by atoms with Crippen LogP contribution < -0.4 is 0 Å². The Bertz CT molecular complexity index is 521. The van der Waals surface area contributed by atoms with Crippen LogP contribution in [0.1, 0.15) is 59.3 Å². The first kappa shape index (κ1) is 17.3. The molecule has 23 heavy (non-hydrogen) atoms. The van der Waals surface area contributed by atoms with E-state index in [0.717, 1.165) is 45.0 Å². The molecule has 3 saturated carbocycles. The summed E-state index contributed by atoms with van der Waals surface area (Å²) in [6, 6.07) is 0. The van der Waals surface area contributed by atoms with Gasteiger partial charge in [-0.05, 0) is 55.1 Å². The van der Waals surface area contributed by atoms with Crippen LogP contribution in [-0.2, 0) is 14.0 Å². The summed E-state index contributed by atoms with van der Waals surface area (Å²) < 4.78 is 6.61. The molecule has 0 saturated heterocycles. The lowest BCUT2D eigenvalue weighted by atomic mass is 9.84. The van der Waals surface area contributed by atoms with Crippen molar-refractivity contribution in [2.45, 2.75) is 77.4 Å². The zero-order valence-electron chi connectivity index (χ0n) is 15.4. The highest BCUT2D eigenvalue weighted by molar-refractivity contribution is 6.74. The van der Waals surface area contributed by atoms with E-state index in [1.54, 1.807) is 0 Å². The molecule has 0 aliphatic heterocycles. The van der Waals surface area contributed by atoms with Crippen LogP contribution in [0, 0.1) is 22.7 Å². The Hall–Kier alpha value is -0.483. The fourth-order valence-electron chi connectivity index (χ4n) is 5.25. The summed E-state index contributed by atoms with van der Waals surface area (Å²) >= 11 is 0. The average molecular weight is 337 g/mol. The molecule has 0 bridgehead atoms. The average Bonchev–Trinajstić information content (AvgIpc) is 2.89. The van der Waals surface area contributed by atoms with Crippen LogP contribution in [0.3, 0.4) is 0 Å². The van der Waals surface area contributed by atoms with Crippen LogP contribution in [0.25, 0.3) is 0 Å². The summed E-state index contributed by atoms with van der Waals surface area (Å²) in [5.74, 6) is 1.25. The van der Waals surface area contributed by atoms with Gasteiger partial charge >= 0.3 is 0 Å². The molecular weight excluding hydrogens is 304 g/mol. The van der Waals surface area contributed by atoms with E-state index in [1.807, 2.05) is 0 Å². The number of carbonyl (C=O) groups excluding carboxylic acids is 2. The van der Waals surface area contributed by atoms with Gasteiger partial charge in [0.25, 0.3) is 0 Å². The molecule has 0 aromatic rings. The molecule has 4 heteroatoms. The van der Waals surface area contributed by atoms with Crippen LogP contribution in [0.2, 0.25) is 18.1 Å². The van der Waals surface area contributed by atoms with E-state index in [9.17, 15) is 9.59 Å². The van der Waals surface area contributed by atoms with Crippen molar-refractivity contribution >= 4 is 20.4 Å². The number of hydrogen-bond acceptors (Lipinski definition) is 3. The minimum atomic E-state index is -1.77. The predicted octanol–water partition coefficient (Wildman–Crippen LogP) is 4.36. The van der Waals surface area contributed by atoms with E-state index in [2.05, 4.69) is 33.9 Å². The van der Waals surface area contributed by atoms with Gasteiger partial charge in [0.05, 0.1) is 0 Å². The van der Waals surface area contributed by atoms with Gasteiger partial charge in [0.1, 0.15) is 12.1 Å². The minimum absolute atomic E-state index is 0.197. The quantitative estimate of drug-likeness (QED) is 0.534. The summed E-state index contributed by atoms with van der Waals surface area (Å²) in [5.41, 5.74) is 0.433. The molecule has 1 spiro atoms. The van der Waals surface area contributed by atoms with Gasteiger partial charge in [-0.3, -0.25) is 4.79 Å². The number of ketones is 1. The molecule has 0 heterocycles. The van der Waals surface area contributed by atoms with Crippen molar-refractivity contribution < 1.29 is 14.0 Å². The number of rotatable bonds is 6. The molecule has 3 nitrogen and oxygen atoms in total. The predicted molar refractivity (Wildman–Crippen MR) is 93.8 cm³/mol. The molecule has 0 amide bonds. The van der Waals surface area contributed by atoms with Gasteiger partial charge in [0.2, 0.25) is 0 Å². The third-order valence-electron chi connectivity index (χ3n) is 7.80. The Kier molecular flexibility index (Phi) is 3.96. The molecule has 0 unspecified atom stereocenters. The molecule has 0 aromatic heterocycles.